The molecule has 2 rings (SSSR count). The van der Waals surface area contributed by atoms with Gasteiger partial charge in [-0.2, -0.15) is 0 Å². The van der Waals surface area contributed by atoms with Gasteiger partial charge in [-0.15, -0.1) is 0 Å². The predicted molar refractivity (Wildman–Crippen MR) is 55.1 cm³/mol. The first-order chi connectivity index (χ1) is 6.50. The summed E-state index contributed by atoms with van der Waals surface area (Å²) in [6.45, 7) is 6.70. The lowest BCUT2D eigenvalue weighted by molar-refractivity contribution is 0.0728. The third-order valence-corrected chi connectivity index (χ3v) is 2.89. The Morgan fingerprint density at radius 1 is 1.36 bits per heavy atom. The molecule has 0 amide bonds. The molecular weight excluding hydrogens is 176 g/mol. The van der Waals surface area contributed by atoms with Crippen LogP contribution in [0.4, 0.5) is 0 Å². The number of fused-ring (bicyclic) bond motifs is 1. The van der Waals surface area contributed by atoms with Gasteiger partial charge in [-0.3, -0.25) is 0 Å². The van der Waals surface area contributed by atoms with Crippen molar-refractivity contribution < 1.29 is 5.11 Å². The van der Waals surface area contributed by atoms with E-state index in [9.17, 15) is 5.11 Å². The predicted octanol–water partition coefficient (Wildman–Crippen LogP) is 1.76. The molecule has 1 aromatic rings. The Hall–Kier alpha value is -0.830. The van der Waals surface area contributed by atoms with Gasteiger partial charge in [-0.25, -0.2) is 4.98 Å². The smallest absolute Gasteiger partial charge is 0.106 e. The van der Waals surface area contributed by atoms with E-state index in [1.54, 1.807) is 0 Å². The lowest BCUT2D eigenvalue weighted by atomic mass is 9.99. The Bertz CT molecular complexity index is 347. The van der Waals surface area contributed by atoms with Gasteiger partial charge >= 0.3 is 0 Å². The zero-order chi connectivity index (χ0) is 10.3. The van der Waals surface area contributed by atoms with Crippen LogP contribution in [-0.4, -0.2) is 14.7 Å². The first-order valence-corrected chi connectivity index (χ1v) is 5.29. The van der Waals surface area contributed by atoms with Gasteiger partial charge in [0.2, 0.25) is 0 Å². The SMILES string of the molecule is Cc1nc(C(C)(C)O)c2n1CCCC2. The van der Waals surface area contributed by atoms with Crippen LogP contribution in [0.2, 0.25) is 0 Å². The molecular formula is C11H18N2O. The zero-order valence-corrected chi connectivity index (χ0v) is 9.17. The number of nitrogens with zero attached hydrogens (tertiary/aromatic N) is 2. The zero-order valence-electron chi connectivity index (χ0n) is 9.17. The highest BCUT2D eigenvalue weighted by atomic mass is 16.3. The van der Waals surface area contributed by atoms with E-state index in [-0.39, 0.29) is 0 Å². The Labute approximate surface area is 84.8 Å². The van der Waals surface area contributed by atoms with Gasteiger partial charge in [-0.1, -0.05) is 0 Å². The van der Waals surface area contributed by atoms with Crippen molar-refractivity contribution >= 4 is 0 Å². The summed E-state index contributed by atoms with van der Waals surface area (Å²) in [7, 11) is 0. The Kier molecular flexibility index (Phi) is 2.14. The minimum absolute atomic E-state index is 0.803. The summed E-state index contributed by atoms with van der Waals surface area (Å²) in [5, 5.41) is 9.98. The second-order valence-electron chi connectivity index (χ2n) is 4.62. The largest absolute Gasteiger partial charge is 0.384 e. The van der Waals surface area contributed by atoms with Crippen LogP contribution < -0.4 is 0 Å². The maximum Gasteiger partial charge on any atom is 0.106 e. The summed E-state index contributed by atoms with van der Waals surface area (Å²) in [5.74, 6) is 1.04. The molecule has 0 fully saturated rings. The van der Waals surface area contributed by atoms with E-state index in [1.165, 1.54) is 18.5 Å². The van der Waals surface area contributed by atoms with E-state index in [1.807, 2.05) is 20.8 Å². The average Bonchev–Trinajstić information content (AvgIpc) is 2.44. The van der Waals surface area contributed by atoms with Gasteiger partial charge in [-0.05, 0) is 40.0 Å². The molecule has 1 aliphatic rings. The summed E-state index contributed by atoms with van der Waals surface area (Å²) in [6.07, 6.45) is 3.50. The third-order valence-electron chi connectivity index (χ3n) is 2.89. The second-order valence-corrected chi connectivity index (χ2v) is 4.62. The van der Waals surface area contributed by atoms with Crippen molar-refractivity contribution in [2.45, 2.75) is 52.2 Å². The molecule has 0 bridgehead atoms. The van der Waals surface area contributed by atoms with Crippen molar-refractivity contribution in [2.75, 3.05) is 0 Å². The standard InChI is InChI=1S/C11H18N2O/c1-8-12-10(11(2,3)14)9-6-4-5-7-13(8)9/h14H,4-7H2,1-3H3. The molecule has 1 aliphatic heterocycles. The first kappa shape index (κ1) is 9.71. The fraction of sp³-hybridized carbons (Fsp3) is 0.727. The van der Waals surface area contributed by atoms with Crippen LogP contribution in [0, 0.1) is 6.92 Å². The molecule has 0 spiro atoms. The van der Waals surface area contributed by atoms with Crippen LogP contribution in [-0.2, 0) is 18.6 Å². The first-order valence-electron chi connectivity index (χ1n) is 5.29. The molecule has 14 heavy (non-hydrogen) atoms. The maximum atomic E-state index is 9.98. The van der Waals surface area contributed by atoms with E-state index < -0.39 is 5.60 Å². The van der Waals surface area contributed by atoms with Crippen molar-refractivity contribution in [2.24, 2.45) is 0 Å². The Balaban J connectivity index is 2.52. The Morgan fingerprint density at radius 3 is 2.71 bits per heavy atom. The molecule has 1 N–H and O–H groups in total. The van der Waals surface area contributed by atoms with Gasteiger partial charge in [0.15, 0.2) is 0 Å². The summed E-state index contributed by atoms with van der Waals surface area (Å²) in [4.78, 5) is 4.48. The van der Waals surface area contributed by atoms with E-state index in [4.69, 9.17) is 0 Å². The van der Waals surface area contributed by atoms with Crippen LogP contribution in [0.25, 0.3) is 0 Å². The second kappa shape index (κ2) is 3.09. The maximum absolute atomic E-state index is 9.98. The van der Waals surface area contributed by atoms with Crippen LogP contribution in [0.3, 0.4) is 0 Å². The number of imidazole rings is 1. The third kappa shape index (κ3) is 1.46. The van der Waals surface area contributed by atoms with Crippen molar-refractivity contribution in [3.63, 3.8) is 0 Å². The highest BCUT2D eigenvalue weighted by Crippen LogP contribution is 2.28. The molecule has 78 valence electrons. The number of aliphatic hydroxyl groups is 1. The molecule has 0 saturated heterocycles. The average molecular weight is 194 g/mol. The van der Waals surface area contributed by atoms with E-state index in [0.29, 0.717) is 0 Å². The van der Waals surface area contributed by atoms with Crippen molar-refractivity contribution in [1.29, 1.82) is 0 Å². The van der Waals surface area contributed by atoms with Crippen LogP contribution in [0.1, 0.15) is 43.9 Å². The molecule has 0 aliphatic carbocycles. The number of hydrogen-bond donors (Lipinski definition) is 1. The summed E-state index contributed by atoms with van der Waals surface area (Å²) >= 11 is 0. The lowest BCUT2D eigenvalue weighted by Gasteiger charge is -2.21. The van der Waals surface area contributed by atoms with Crippen molar-refractivity contribution in [3.8, 4) is 0 Å². The quantitative estimate of drug-likeness (QED) is 0.739. The monoisotopic (exact) mass is 194 g/mol. The molecule has 3 heteroatoms. The topological polar surface area (TPSA) is 38.1 Å². The molecule has 0 unspecified atom stereocenters. The van der Waals surface area contributed by atoms with E-state index >= 15 is 0 Å². The number of hydrogen-bond acceptors (Lipinski definition) is 2. The molecule has 0 saturated carbocycles. The van der Waals surface area contributed by atoms with Gasteiger partial charge in [0.25, 0.3) is 0 Å². The van der Waals surface area contributed by atoms with Crippen LogP contribution in [0.5, 0.6) is 0 Å². The molecule has 0 atom stereocenters. The fourth-order valence-electron chi connectivity index (χ4n) is 2.21. The number of rotatable bonds is 1. The molecule has 2 heterocycles. The summed E-state index contributed by atoms with van der Waals surface area (Å²) in [5.41, 5.74) is 1.30. The highest BCUT2D eigenvalue weighted by Gasteiger charge is 2.27. The summed E-state index contributed by atoms with van der Waals surface area (Å²) in [6, 6.07) is 0. The van der Waals surface area contributed by atoms with E-state index in [0.717, 1.165) is 24.5 Å². The molecule has 0 aromatic carbocycles. The van der Waals surface area contributed by atoms with Gasteiger partial charge in [0.1, 0.15) is 11.4 Å². The van der Waals surface area contributed by atoms with Crippen molar-refractivity contribution in [1.82, 2.24) is 9.55 Å². The summed E-state index contributed by atoms with van der Waals surface area (Å²) < 4.78 is 2.25. The van der Waals surface area contributed by atoms with Gasteiger partial charge in [0, 0.05) is 12.2 Å². The number of aryl methyl sites for hydroxylation is 1. The molecule has 0 radical (unpaired) electrons. The lowest BCUT2D eigenvalue weighted by Crippen LogP contribution is -2.20. The van der Waals surface area contributed by atoms with Crippen molar-refractivity contribution in [3.05, 3.63) is 17.2 Å². The molecule has 1 aromatic heterocycles. The normalized spacial score (nSPS) is 16.9. The number of aromatic nitrogens is 2. The minimum atomic E-state index is -0.803. The minimum Gasteiger partial charge on any atom is -0.384 e. The van der Waals surface area contributed by atoms with Crippen LogP contribution in [0.15, 0.2) is 0 Å². The molecule has 3 nitrogen and oxygen atoms in total. The van der Waals surface area contributed by atoms with Gasteiger partial charge in [0.05, 0.1) is 5.69 Å². The Morgan fingerprint density at radius 2 is 2.07 bits per heavy atom. The highest BCUT2D eigenvalue weighted by molar-refractivity contribution is 5.23. The van der Waals surface area contributed by atoms with Gasteiger partial charge < -0.3 is 9.67 Å². The van der Waals surface area contributed by atoms with E-state index in [2.05, 4.69) is 9.55 Å². The fourth-order valence-corrected chi connectivity index (χ4v) is 2.21. The van der Waals surface area contributed by atoms with Crippen LogP contribution >= 0.6 is 0 Å².